The van der Waals surface area contributed by atoms with E-state index in [1.165, 1.54) is 4.31 Å². The fourth-order valence-electron chi connectivity index (χ4n) is 1.85. The minimum absolute atomic E-state index is 0.341. The second-order valence-corrected chi connectivity index (χ2v) is 6.73. The molecule has 0 radical (unpaired) electrons. The summed E-state index contributed by atoms with van der Waals surface area (Å²) in [6, 6.07) is 5.26. The normalized spacial score (nSPS) is 12.1. The van der Waals surface area contributed by atoms with Gasteiger partial charge in [-0.1, -0.05) is 19.4 Å². The number of benzene rings is 1. The number of unbranched alkanes of at least 4 members (excludes halogenated alkanes) is 1. The molecule has 0 atom stereocenters. The summed E-state index contributed by atoms with van der Waals surface area (Å²) in [7, 11) is -3.42. The molecule has 0 spiro atoms. The molecule has 0 saturated heterocycles. The minimum atomic E-state index is -3.42. The van der Waals surface area contributed by atoms with Crippen LogP contribution >= 0.6 is 0 Å². The molecule has 1 aromatic rings. The van der Waals surface area contributed by atoms with Crippen LogP contribution in [0.5, 0.6) is 0 Å². The van der Waals surface area contributed by atoms with Crippen LogP contribution in [-0.2, 0) is 10.0 Å². The van der Waals surface area contributed by atoms with E-state index in [1.54, 1.807) is 12.1 Å². The average molecular weight is 284 g/mol. The van der Waals surface area contributed by atoms with E-state index in [4.69, 9.17) is 5.73 Å². The molecule has 1 aromatic carbocycles. The van der Waals surface area contributed by atoms with Gasteiger partial charge in [0.25, 0.3) is 0 Å². The average Bonchev–Trinajstić information content (AvgIpc) is 2.37. The van der Waals surface area contributed by atoms with E-state index < -0.39 is 10.0 Å². The first kappa shape index (κ1) is 16.1. The molecule has 4 nitrogen and oxygen atoms in total. The maximum absolute atomic E-state index is 12.6. The van der Waals surface area contributed by atoms with Crippen LogP contribution in [0.15, 0.2) is 23.1 Å². The van der Waals surface area contributed by atoms with Crippen LogP contribution < -0.4 is 5.73 Å². The second-order valence-electron chi connectivity index (χ2n) is 4.79. The molecule has 0 unspecified atom stereocenters. The van der Waals surface area contributed by atoms with Gasteiger partial charge in [0.15, 0.2) is 0 Å². The lowest BCUT2D eigenvalue weighted by atomic mass is 10.1. The van der Waals surface area contributed by atoms with Gasteiger partial charge in [-0.3, -0.25) is 0 Å². The highest BCUT2D eigenvalue weighted by Gasteiger charge is 2.23. The summed E-state index contributed by atoms with van der Waals surface area (Å²) < 4.78 is 26.6. The molecule has 0 fully saturated rings. The molecule has 0 aliphatic rings. The standard InChI is InChI=1S/C14H24N2O2S/c1-4-5-9-16(10-8-15)19(17,18)14-7-6-12(2)13(3)11-14/h6-7,11H,4-5,8-10,15H2,1-3H3. The Labute approximate surface area is 116 Å². The lowest BCUT2D eigenvalue weighted by Crippen LogP contribution is -2.36. The Morgan fingerprint density at radius 1 is 1.16 bits per heavy atom. The largest absolute Gasteiger partial charge is 0.329 e. The molecule has 19 heavy (non-hydrogen) atoms. The zero-order valence-electron chi connectivity index (χ0n) is 12.0. The van der Waals surface area contributed by atoms with Crippen molar-refractivity contribution in [3.63, 3.8) is 0 Å². The summed E-state index contributed by atoms with van der Waals surface area (Å²) in [4.78, 5) is 0.361. The molecule has 0 saturated carbocycles. The number of nitrogens with two attached hydrogens (primary N) is 1. The van der Waals surface area contributed by atoms with Crippen molar-refractivity contribution in [1.29, 1.82) is 0 Å². The van der Waals surface area contributed by atoms with Crippen molar-refractivity contribution in [3.05, 3.63) is 29.3 Å². The number of aryl methyl sites for hydroxylation is 2. The molecule has 0 aliphatic heterocycles. The summed E-state index contributed by atoms with van der Waals surface area (Å²) in [6.07, 6.45) is 1.81. The van der Waals surface area contributed by atoms with Crippen LogP contribution in [0.1, 0.15) is 30.9 Å². The highest BCUT2D eigenvalue weighted by Crippen LogP contribution is 2.19. The zero-order valence-corrected chi connectivity index (χ0v) is 12.8. The number of nitrogens with zero attached hydrogens (tertiary/aromatic N) is 1. The topological polar surface area (TPSA) is 63.4 Å². The fraction of sp³-hybridized carbons (Fsp3) is 0.571. The van der Waals surface area contributed by atoms with Gasteiger partial charge >= 0.3 is 0 Å². The van der Waals surface area contributed by atoms with Gasteiger partial charge in [0.1, 0.15) is 0 Å². The van der Waals surface area contributed by atoms with Gasteiger partial charge in [0.2, 0.25) is 10.0 Å². The molecule has 1 rings (SSSR count). The molecule has 0 heterocycles. The molecular formula is C14H24N2O2S. The van der Waals surface area contributed by atoms with Gasteiger partial charge in [0.05, 0.1) is 4.90 Å². The molecule has 0 amide bonds. The first-order valence-corrected chi connectivity index (χ1v) is 8.15. The Bertz CT molecular complexity index is 512. The monoisotopic (exact) mass is 284 g/mol. The Balaban J connectivity index is 3.07. The Kier molecular flexibility index (Phi) is 5.97. The van der Waals surface area contributed by atoms with Crippen molar-refractivity contribution in [2.45, 2.75) is 38.5 Å². The summed E-state index contributed by atoms with van der Waals surface area (Å²) in [6.45, 7) is 7.18. The molecular weight excluding hydrogens is 260 g/mol. The second kappa shape index (κ2) is 7.03. The molecule has 0 aliphatic carbocycles. The summed E-state index contributed by atoms with van der Waals surface area (Å²) in [5, 5.41) is 0. The SMILES string of the molecule is CCCCN(CCN)S(=O)(=O)c1ccc(C)c(C)c1. The van der Waals surface area contributed by atoms with E-state index in [0.717, 1.165) is 24.0 Å². The highest BCUT2D eigenvalue weighted by molar-refractivity contribution is 7.89. The zero-order chi connectivity index (χ0) is 14.5. The number of hydrogen-bond acceptors (Lipinski definition) is 3. The van der Waals surface area contributed by atoms with Gasteiger partial charge in [-0.2, -0.15) is 4.31 Å². The first-order valence-electron chi connectivity index (χ1n) is 6.71. The van der Waals surface area contributed by atoms with Gasteiger partial charge < -0.3 is 5.73 Å². The van der Waals surface area contributed by atoms with E-state index in [0.29, 0.717) is 24.5 Å². The molecule has 2 N–H and O–H groups in total. The van der Waals surface area contributed by atoms with Crippen LogP contribution in [0.2, 0.25) is 0 Å². The van der Waals surface area contributed by atoms with E-state index in [2.05, 4.69) is 0 Å². The van der Waals surface area contributed by atoms with Gasteiger partial charge in [-0.05, 0) is 43.5 Å². The fourth-order valence-corrected chi connectivity index (χ4v) is 3.43. The summed E-state index contributed by atoms with van der Waals surface area (Å²) >= 11 is 0. The predicted molar refractivity (Wildman–Crippen MR) is 78.6 cm³/mol. The van der Waals surface area contributed by atoms with Gasteiger partial charge in [-0.15, -0.1) is 0 Å². The van der Waals surface area contributed by atoms with Gasteiger partial charge in [-0.25, -0.2) is 8.42 Å². The summed E-state index contributed by atoms with van der Waals surface area (Å²) in [5.41, 5.74) is 7.61. The van der Waals surface area contributed by atoms with Crippen LogP contribution in [-0.4, -0.2) is 32.4 Å². The van der Waals surface area contributed by atoms with E-state index >= 15 is 0 Å². The molecule has 108 valence electrons. The minimum Gasteiger partial charge on any atom is -0.329 e. The van der Waals surface area contributed by atoms with E-state index in [1.807, 2.05) is 26.8 Å². The Morgan fingerprint density at radius 2 is 1.84 bits per heavy atom. The van der Waals surface area contributed by atoms with E-state index in [9.17, 15) is 8.42 Å². The number of hydrogen-bond donors (Lipinski definition) is 1. The first-order chi connectivity index (χ1) is 8.93. The lowest BCUT2D eigenvalue weighted by molar-refractivity contribution is 0.410. The van der Waals surface area contributed by atoms with E-state index in [-0.39, 0.29) is 0 Å². The van der Waals surface area contributed by atoms with Crippen molar-refractivity contribution in [2.75, 3.05) is 19.6 Å². The number of sulfonamides is 1. The third kappa shape index (κ3) is 4.03. The van der Waals surface area contributed by atoms with Crippen LogP contribution in [0.4, 0.5) is 0 Å². The van der Waals surface area contributed by atoms with Crippen LogP contribution in [0.3, 0.4) is 0 Å². The maximum atomic E-state index is 12.6. The van der Waals surface area contributed by atoms with Crippen molar-refractivity contribution in [3.8, 4) is 0 Å². The van der Waals surface area contributed by atoms with Crippen LogP contribution in [0, 0.1) is 13.8 Å². The molecule has 0 aromatic heterocycles. The smallest absolute Gasteiger partial charge is 0.243 e. The van der Waals surface area contributed by atoms with Gasteiger partial charge in [0, 0.05) is 19.6 Å². The van der Waals surface area contributed by atoms with Crippen molar-refractivity contribution in [1.82, 2.24) is 4.31 Å². The Hall–Kier alpha value is -0.910. The summed E-state index contributed by atoms with van der Waals surface area (Å²) in [5.74, 6) is 0. The number of rotatable bonds is 7. The maximum Gasteiger partial charge on any atom is 0.243 e. The molecule has 5 heteroatoms. The third-order valence-electron chi connectivity index (χ3n) is 3.26. The van der Waals surface area contributed by atoms with Crippen molar-refractivity contribution in [2.24, 2.45) is 5.73 Å². The quantitative estimate of drug-likeness (QED) is 0.833. The Morgan fingerprint density at radius 3 is 2.37 bits per heavy atom. The highest BCUT2D eigenvalue weighted by atomic mass is 32.2. The van der Waals surface area contributed by atoms with Crippen molar-refractivity contribution >= 4 is 10.0 Å². The lowest BCUT2D eigenvalue weighted by Gasteiger charge is -2.21. The third-order valence-corrected chi connectivity index (χ3v) is 5.15. The van der Waals surface area contributed by atoms with Crippen molar-refractivity contribution < 1.29 is 8.42 Å². The van der Waals surface area contributed by atoms with Crippen LogP contribution in [0.25, 0.3) is 0 Å². The predicted octanol–water partition coefficient (Wildman–Crippen LogP) is 2.05. The molecule has 0 bridgehead atoms.